The van der Waals surface area contributed by atoms with E-state index >= 15 is 0 Å². The van der Waals surface area contributed by atoms with E-state index in [9.17, 15) is 4.79 Å². The Morgan fingerprint density at radius 2 is 1.93 bits per heavy atom. The molecule has 1 unspecified atom stereocenters. The van der Waals surface area contributed by atoms with E-state index in [0.717, 1.165) is 16.9 Å². The maximum absolute atomic E-state index is 12.6. The van der Waals surface area contributed by atoms with E-state index in [2.05, 4.69) is 5.32 Å². The van der Waals surface area contributed by atoms with Gasteiger partial charge in [0.15, 0.2) is 0 Å². The van der Waals surface area contributed by atoms with Crippen LogP contribution in [0.2, 0.25) is 9.36 Å². The summed E-state index contributed by atoms with van der Waals surface area (Å²) in [5.41, 5.74) is 13.3. The number of carbonyl (C=O) groups excluding carboxylic acids is 1. The van der Waals surface area contributed by atoms with Gasteiger partial charge in [-0.2, -0.15) is 0 Å². The van der Waals surface area contributed by atoms with E-state index in [1.54, 1.807) is 25.2 Å². The second-order valence-corrected chi connectivity index (χ2v) is 8.34. The van der Waals surface area contributed by atoms with Crippen molar-refractivity contribution in [1.29, 1.82) is 0 Å². The minimum Gasteiger partial charge on any atom is -0.388 e. The molecule has 0 aliphatic rings. The lowest BCUT2D eigenvalue weighted by Crippen LogP contribution is -2.41. The quantitative estimate of drug-likeness (QED) is 0.296. The number of thiophene rings is 1. The Kier molecular flexibility index (Phi) is 7.79. The summed E-state index contributed by atoms with van der Waals surface area (Å²) in [6.45, 7) is 0.283. The number of hydrogen-bond acceptors (Lipinski definition) is 6. The van der Waals surface area contributed by atoms with Crippen molar-refractivity contribution in [1.82, 2.24) is 10.3 Å². The second-order valence-electron chi connectivity index (χ2n) is 5.84. The molecule has 0 saturated heterocycles. The predicted octanol–water partition coefficient (Wildman–Crippen LogP) is 2.98. The van der Waals surface area contributed by atoms with Gasteiger partial charge in [0.2, 0.25) is 0 Å². The van der Waals surface area contributed by atoms with E-state index in [4.69, 9.17) is 52.1 Å². The highest BCUT2D eigenvalue weighted by Gasteiger charge is 2.21. The Bertz CT molecular complexity index is 832. The van der Waals surface area contributed by atoms with Gasteiger partial charge in [-0.15, -0.1) is 11.3 Å². The highest BCUT2D eigenvalue weighted by molar-refractivity contribution is 7.18. The highest BCUT2D eigenvalue weighted by Crippen LogP contribution is 2.34. The van der Waals surface area contributed by atoms with Crippen molar-refractivity contribution < 1.29 is 4.79 Å². The Morgan fingerprint density at radius 1 is 1.30 bits per heavy atom. The molecule has 0 bridgehead atoms. The minimum absolute atomic E-state index is 0.0192. The van der Waals surface area contributed by atoms with Gasteiger partial charge >= 0.3 is 0 Å². The number of benzene rings is 1. The first kappa shape index (κ1) is 21.8. The summed E-state index contributed by atoms with van der Waals surface area (Å²) in [7, 11) is 1.58. The number of nitrogens with one attached hydrogen (secondary N) is 1. The van der Waals surface area contributed by atoms with E-state index in [0.29, 0.717) is 31.9 Å². The summed E-state index contributed by atoms with van der Waals surface area (Å²) in [6.07, 6.45) is 0.580. The molecule has 0 saturated carbocycles. The fourth-order valence-electron chi connectivity index (χ4n) is 2.48. The number of hydrazine groups is 1. The van der Waals surface area contributed by atoms with Crippen LogP contribution in [0.25, 0.3) is 5.70 Å². The van der Waals surface area contributed by atoms with Crippen LogP contribution in [-0.4, -0.2) is 30.6 Å². The van der Waals surface area contributed by atoms with Crippen LogP contribution < -0.4 is 22.6 Å². The molecule has 0 fully saturated rings. The molecule has 1 heterocycles. The second kappa shape index (κ2) is 9.64. The third-order valence-electron chi connectivity index (χ3n) is 3.76. The van der Waals surface area contributed by atoms with Gasteiger partial charge in [0.05, 0.1) is 10.6 Å². The average Bonchev–Trinajstić information content (AvgIpc) is 2.97. The molecule has 7 N–H and O–H groups in total. The minimum atomic E-state index is -0.287. The maximum Gasteiger partial charge on any atom is 0.261 e. The van der Waals surface area contributed by atoms with E-state index in [1.807, 2.05) is 12.1 Å². The molecule has 1 atom stereocenters. The third kappa shape index (κ3) is 5.75. The normalized spacial score (nSPS) is 13.1. The first-order valence-corrected chi connectivity index (χ1v) is 9.86. The zero-order valence-electron chi connectivity index (χ0n) is 14.5. The summed E-state index contributed by atoms with van der Waals surface area (Å²) in [5, 5.41) is 4.80. The van der Waals surface area contributed by atoms with Crippen molar-refractivity contribution in [2.24, 2.45) is 17.3 Å². The Balaban J connectivity index is 2.16. The van der Waals surface area contributed by atoms with Gasteiger partial charge in [-0.05, 0) is 30.2 Å². The summed E-state index contributed by atoms with van der Waals surface area (Å²) in [5.74, 6) is 5.47. The molecule has 6 nitrogen and oxygen atoms in total. The Hall–Kier alpha value is -1.48. The van der Waals surface area contributed by atoms with E-state index < -0.39 is 0 Å². The van der Waals surface area contributed by atoms with Crippen LogP contribution in [0, 0.1) is 0 Å². The van der Waals surface area contributed by atoms with Gasteiger partial charge in [-0.25, -0.2) is 5.84 Å². The van der Waals surface area contributed by atoms with Crippen LogP contribution in [0.4, 0.5) is 0 Å². The molecular formula is C17H20Cl3N5OS. The number of halogens is 3. The number of rotatable bonds is 7. The predicted molar refractivity (Wildman–Crippen MR) is 114 cm³/mol. The van der Waals surface area contributed by atoms with Gasteiger partial charge < -0.3 is 21.8 Å². The van der Waals surface area contributed by atoms with Gasteiger partial charge in [0.25, 0.3) is 5.91 Å². The van der Waals surface area contributed by atoms with Gasteiger partial charge in [-0.1, -0.05) is 46.9 Å². The van der Waals surface area contributed by atoms with Crippen LogP contribution >= 0.6 is 46.1 Å². The Labute approximate surface area is 176 Å². The molecule has 2 aromatic rings. The molecule has 10 heteroatoms. The summed E-state index contributed by atoms with van der Waals surface area (Å²) < 4.78 is 0.359. The molecule has 1 aromatic carbocycles. The standard InChI is InChI=1S/C17H20Cl3N5OS/c1-25(23)14(15(19)22)12-7-13(27-16(12)20)17(26)24-11(8-21)6-9-2-4-10(18)5-3-9/h2-5,7,11H,6,8,21-23H2,1H3,(H,24,26). The number of carbonyl (C=O) groups is 1. The molecule has 2 rings (SSSR count). The molecular weight excluding hydrogens is 429 g/mol. The first-order chi connectivity index (χ1) is 12.7. The zero-order chi connectivity index (χ0) is 20.1. The van der Waals surface area contributed by atoms with Crippen molar-refractivity contribution in [2.75, 3.05) is 13.6 Å². The molecule has 1 aromatic heterocycles. The first-order valence-electron chi connectivity index (χ1n) is 7.91. The number of nitrogens with zero attached hydrogens (tertiary/aromatic N) is 1. The van der Waals surface area contributed by atoms with Crippen molar-refractivity contribution in [3.63, 3.8) is 0 Å². The monoisotopic (exact) mass is 447 g/mol. The van der Waals surface area contributed by atoms with Crippen LogP contribution in [0.15, 0.2) is 35.5 Å². The van der Waals surface area contributed by atoms with Crippen LogP contribution in [0.1, 0.15) is 20.8 Å². The third-order valence-corrected chi connectivity index (χ3v) is 5.55. The lowest BCUT2D eigenvalue weighted by molar-refractivity contribution is 0.0942. The summed E-state index contributed by atoms with van der Waals surface area (Å²) in [6, 6.07) is 8.75. The smallest absolute Gasteiger partial charge is 0.261 e. The number of nitrogens with two attached hydrogens (primary N) is 3. The molecule has 146 valence electrons. The van der Waals surface area contributed by atoms with Crippen LogP contribution in [0.3, 0.4) is 0 Å². The van der Waals surface area contributed by atoms with Gasteiger partial charge in [-0.3, -0.25) is 4.79 Å². The highest BCUT2D eigenvalue weighted by atomic mass is 35.5. The summed E-state index contributed by atoms with van der Waals surface area (Å²) in [4.78, 5) is 13.0. The van der Waals surface area contributed by atoms with E-state index in [1.165, 1.54) is 5.01 Å². The molecule has 1 amide bonds. The van der Waals surface area contributed by atoms with Crippen molar-refractivity contribution in [3.8, 4) is 0 Å². The molecule has 0 aliphatic carbocycles. The number of hydrogen-bond donors (Lipinski definition) is 4. The zero-order valence-corrected chi connectivity index (χ0v) is 17.6. The van der Waals surface area contributed by atoms with Gasteiger partial charge in [0, 0.05) is 30.2 Å². The fourth-order valence-corrected chi connectivity index (χ4v) is 4.03. The summed E-state index contributed by atoms with van der Waals surface area (Å²) >= 11 is 19.2. The van der Waals surface area contributed by atoms with E-state index in [-0.39, 0.29) is 23.6 Å². The van der Waals surface area contributed by atoms with Crippen molar-refractivity contribution in [3.05, 3.63) is 60.9 Å². The molecule has 0 spiro atoms. The topological polar surface area (TPSA) is 110 Å². The SMILES string of the molecule is CN(N)C(=C(N)Cl)c1cc(C(=O)NC(CN)Cc2ccc(Cl)cc2)sc1Cl. The van der Waals surface area contributed by atoms with Crippen LogP contribution in [-0.2, 0) is 6.42 Å². The van der Waals surface area contributed by atoms with Crippen molar-refractivity contribution in [2.45, 2.75) is 12.5 Å². The lowest BCUT2D eigenvalue weighted by Gasteiger charge is -2.17. The fraction of sp³-hybridized carbons (Fsp3) is 0.235. The number of amides is 1. The molecule has 27 heavy (non-hydrogen) atoms. The maximum atomic E-state index is 12.6. The Morgan fingerprint density at radius 3 is 2.44 bits per heavy atom. The van der Waals surface area contributed by atoms with Crippen LogP contribution in [0.5, 0.6) is 0 Å². The van der Waals surface area contributed by atoms with Crippen molar-refractivity contribution >= 4 is 57.7 Å². The molecule has 0 aliphatic heterocycles. The largest absolute Gasteiger partial charge is 0.388 e. The average molecular weight is 449 g/mol. The van der Waals surface area contributed by atoms with Gasteiger partial charge in [0.1, 0.15) is 9.49 Å². The molecule has 0 radical (unpaired) electrons. The lowest BCUT2D eigenvalue weighted by atomic mass is 10.1.